The van der Waals surface area contributed by atoms with Crippen LogP contribution in [0.3, 0.4) is 0 Å². The number of hydrogen-bond donors (Lipinski definition) is 1. The molecule has 4 saturated heterocycles. The first-order valence-corrected chi connectivity index (χ1v) is 31.1. The molecule has 0 aromatic heterocycles. The van der Waals surface area contributed by atoms with Crippen molar-refractivity contribution < 1.29 is 19.2 Å². The van der Waals surface area contributed by atoms with E-state index in [4.69, 9.17) is 5.73 Å². The standard InChI is InChI=1S/C20H29NO.C19H27NO.C15H27NO.C13H24N2O/c1-16(2)20(17-8-5-4-6-9-17)12-14-21(15-13-20)18(22)19(3)10-7-11-19;1-15(2)16-9-13-20(14-10-16)18(21)19(11-6-12-19)17-7-4-3-5-8-17;1-12(2)14(3)8-10-16(11-9-14)13(17)15(4)6-5-7-15;1-10(2)11-4-8-15(9-5-11)12(16)13(14)6-3-7-13/h4-6,8-9,16H,7,10-15H2,1-3H3;3-5,7-8,15-16H,6,9-14H2,1-2H3;12H,5-11H2,1-4H3;10-11H,3-9,14H2,1-2H3. The molecule has 2 aromatic carbocycles. The molecule has 9 nitrogen and oxygen atoms in total. The van der Waals surface area contributed by atoms with Crippen LogP contribution in [0.25, 0.3) is 0 Å². The van der Waals surface area contributed by atoms with Crippen molar-refractivity contribution in [2.45, 2.75) is 221 Å². The Morgan fingerprint density at radius 1 is 0.421 bits per heavy atom. The van der Waals surface area contributed by atoms with Gasteiger partial charge >= 0.3 is 0 Å². The second kappa shape index (κ2) is 25.2. The van der Waals surface area contributed by atoms with Gasteiger partial charge in [0.2, 0.25) is 23.6 Å². The largest absolute Gasteiger partial charge is 0.342 e. The summed E-state index contributed by atoms with van der Waals surface area (Å²) in [4.78, 5) is 58.9. The minimum absolute atomic E-state index is 0.00836. The fourth-order valence-corrected chi connectivity index (χ4v) is 14.3. The molecule has 10 rings (SSSR count). The average Bonchev–Trinajstić information content (AvgIpc) is 3.39. The average molecular weight is 1050 g/mol. The zero-order valence-corrected chi connectivity index (χ0v) is 50.0. The third-order valence-electron chi connectivity index (χ3n) is 22.1. The fraction of sp³-hybridized carbons (Fsp3) is 0.761. The summed E-state index contributed by atoms with van der Waals surface area (Å²) in [6.07, 6.45) is 22.1. The van der Waals surface area contributed by atoms with Crippen LogP contribution in [0, 0.1) is 51.8 Å². The molecule has 76 heavy (non-hydrogen) atoms. The van der Waals surface area contributed by atoms with Crippen LogP contribution in [-0.2, 0) is 30.0 Å². The Balaban J connectivity index is 0.000000149. The number of rotatable bonds is 10. The van der Waals surface area contributed by atoms with Crippen LogP contribution in [0.4, 0.5) is 0 Å². The molecule has 8 fully saturated rings. The monoisotopic (exact) mass is 1050 g/mol. The van der Waals surface area contributed by atoms with Gasteiger partial charge in [-0.1, -0.05) is 156 Å². The van der Waals surface area contributed by atoms with Crippen molar-refractivity contribution in [3.8, 4) is 0 Å². The van der Waals surface area contributed by atoms with Crippen LogP contribution < -0.4 is 5.73 Å². The van der Waals surface area contributed by atoms with Gasteiger partial charge in [-0.05, 0) is 161 Å². The highest BCUT2D eigenvalue weighted by Gasteiger charge is 2.49. The summed E-state index contributed by atoms with van der Waals surface area (Å²) in [7, 11) is 0. The van der Waals surface area contributed by atoms with Crippen LogP contribution in [0.5, 0.6) is 0 Å². The molecule has 4 aliphatic carbocycles. The van der Waals surface area contributed by atoms with Crippen molar-refractivity contribution in [1.29, 1.82) is 0 Å². The number of carbonyl (C=O) groups excluding carboxylic acids is 4. The van der Waals surface area contributed by atoms with Crippen molar-refractivity contribution in [3.05, 3.63) is 71.8 Å². The van der Waals surface area contributed by atoms with Gasteiger partial charge in [0.05, 0.1) is 11.0 Å². The molecule has 0 radical (unpaired) electrons. The number of benzene rings is 2. The quantitative estimate of drug-likeness (QED) is 0.255. The van der Waals surface area contributed by atoms with Crippen LogP contribution in [0.15, 0.2) is 60.7 Å². The van der Waals surface area contributed by atoms with Crippen LogP contribution in [-0.4, -0.2) is 101 Å². The van der Waals surface area contributed by atoms with Gasteiger partial charge < -0.3 is 25.3 Å². The Morgan fingerprint density at radius 3 is 1.09 bits per heavy atom. The maximum atomic E-state index is 13.1. The highest BCUT2D eigenvalue weighted by atomic mass is 16.2. The number of amides is 4. The molecule has 2 N–H and O–H groups in total. The highest BCUT2D eigenvalue weighted by Crippen LogP contribution is 2.48. The van der Waals surface area contributed by atoms with E-state index in [0.29, 0.717) is 29.1 Å². The predicted octanol–water partition coefficient (Wildman–Crippen LogP) is 13.6. The summed E-state index contributed by atoms with van der Waals surface area (Å²) < 4.78 is 0. The molecule has 8 aliphatic rings. The van der Waals surface area contributed by atoms with E-state index in [-0.39, 0.29) is 27.6 Å². The molecular formula is C67H107N5O4. The molecule has 0 unspecified atom stereocenters. The summed E-state index contributed by atoms with van der Waals surface area (Å²) in [5.74, 6) is 5.83. The SMILES string of the molecule is CC(C)C1(C)CCN(C(=O)C2(C)CCC2)CC1.CC(C)C1(c2ccccc2)CCN(C(=O)C2(C)CCC2)CC1.CC(C)C1CCN(C(=O)C2(N)CCC2)CC1.CC(C)C1CCN(C(=O)C2(c3ccccc3)CCC2)CC1. The highest BCUT2D eigenvalue weighted by molar-refractivity contribution is 5.89. The molecule has 4 heterocycles. The second-order valence-electron chi connectivity index (χ2n) is 28.0. The Morgan fingerprint density at radius 2 is 0.776 bits per heavy atom. The Bertz CT molecular complexity index is 2170. The third kappa shape index (κ3) is 13.1. The Hall–Kier alpha value is -3.72. The lowest BCUT2D eigenvalue weighted by Crippen LogP contribution is -2.60. The van der Waals surface area contributed by atoms with Gasteiger partial charge in [0.25, 0.3) is 0 Å². The molecule has 9 heteroatoms. The van der Waals surface area contributed by atoms with E-state index in [0.717, 1.165) is 165 Å². The number of nitrogens with two attached hydrogens (primary N) is 1. The first-order valence-electron chi connectivity index (χ1n) is 31.1. The van der Waals surface area contributed by atoms with Crippen molar-refractivity contribution in [2.75, 3.05) is 52.4 Å². The maximum Gasteiger partial charge on any atom is 0.242 e. The Kier molecular flexibility index (Phi) is 19.8. The summed E-state index contributed by atoms with van der Waals surface area (Å²) in [6.45, 7) is 32.7. The van der Waals surface area contributed by atoms with E-state index in [2.05, 4.69) is 145 Å². The van der Waals surface area contributed by atoms with E-state index in [1.165, 1.54) is 56.1 Å². The summed E-state index contributed by atoms with van der Waals surface area (Å²) in [5.41, 5.74) is 8.68. The lowest BCUT2D eigenvalue weighted by atomic mass is 9.63. The van der Waals surface area contributed by atoms with Crippen molar-refractivity contribution in [3.63, 3.8) is 0 Å². The summed E-state index contributed by atoms with van der Waals surface area (Å²) in [6, 6.07) is 21.4. The number of nitrogens with zero attached hydrogens (tertiary/aromatic N) is 4. The fourth-order valence-electron chi connectivity index (χ4n) is 14.3. The minimum atomic E-state index is -0.495. The number of piperidine rings is 4. The summed E-state index contributed by atoms with van der Waals surface area (Å²) in [5, 5.41) is 0. The molecule has 4 aliphatic heterocycles. The van der Waals surface area contributed by atoms with Gasteiger partial charge in [0.1, 0.15) is 0 Å². The van der Waals surface area contributed by atoms with E-state index in [1.807, 2.05) is 11.0 Å². The Labute approximate surface area is 463 Å². The van der Waals surface area contributed by atoms with E-state index >= 15 is 0 Å². The van der Waals surface area contributed by atoms with E-state index < -0.39 is 5.54 Å². The lowest BCUT2D eigenvalue weighted by Gasteiger charge is -2.48. The topological polar surface area (TPSA) is 107 Å². The van der Waals surface area contributed by atoms with E-state index in [1.54, 1.807) is 0 Å². The lowest BCUT2D eigenvalue weighted by molar-refractivity contribution is -0.149. The zero-order chi connectivity index (χ0) is 55.1. The molecular weight excluding hydrogens is 939 g/mol. The van der Waals surface area contributed by atoms with Crippen molar-refractivity contribution >= 4 is 23.6 Å². The van der Waals surface area contributed by atoms with Gasteiger partial charge in [-0.2, -0.15) is 0 Å². The van der Waals surface area contributed by atoms with Crippen LogP contribution in [0.1, 0.15) is 216 Å². The van der Waals surface area contributed by atoms with Gasteiger partial charge in [-0.3, -0.25) is 19.2 Å². The summed E-state index contributed by atoms with van der Waals surface area (Å²) >= 11 is 0. The van der Waals surface area contributed by atoms with Crippen molar-refractivity contribution in [1.82, 2.24) is 19.6 Å². The van der Waals surface area contributed by atoms with Gasteiger partial charge in [0.15, 0.2) is 0 Å². The number of hydrogen-bond acceptors (Lipinski definition) is 5. The smallest absolute Gasteiger partial charge is 0.242 e. The molecule has 0 atom stereocenters. The second-order valence-corrected chi connectivity index (χ2v) is 28.0. The van der Waals surface area contributed by atoms with Crippen LogP contribution in [0.2, 0.25) is 0 Å². The molecule has 4 saturated carbocycles. The molecule has 0 bridgehead atoms. The first-order chi connectivity index (χ1) is 36.0. The van der Waals surface area contributed by atoms with Crippen LogP contribution >= 0.6 is 0 Å². The number of carbonyl (C=O) groups is 4. The minimum Gasteiger partial charge on any atom is -0.342 e. The molecule has 2 aromatic rings. The normalized spacial score (nSPS) is 24.2. The van der Waals surface area contributed by atoms with E-state index in [9.17, 15) is 19.2 Å². The van der Waals surface area contributed by atoms with Crippen molar-refractivity contribution in [2.24, 2.45) is 57.5 Å². The number of likely N-dealkylation sites (tertiary alicyclic amines) is 4. The molecule has 0 spiro atoms. The first kappa shape index (κ1) is 59.9. The molecule has 424 valence electrons. The third-order valence-corrected chi connectivity index (χ3v) is 22.1. The van der Waals surface area contributed by atoms with Gasteiger partial charge in [-0.25, -0.2) is 0 Å². The van der Waals surface area contributed by atoms with Gasteiger partial charge in [-0.15, -0.1) is 0 Å². The molecule has 4 amide bonds. The maximum absolute atomic E-state index is 13.1. The van der Waals surface area contributed by atoms with Gasteiger partial charge in [0, 0.05) is 68.6 Å². The zero-order valence-electron chi connectivity index (χ0n) is 50.0. The predicted molar refractivity (Wildman–Crippen MR) is 312 cm³/mol.